The third kappa shape index (κ3) is 4.69. The zero-order valence-corrected chi connectivity index (χ0v) is 18.4. The molecule has 8 nitrogen and oxygen atoms in total. The lowest BCUT2D eigenvalue weighted by atomic mass is 10.0. The highest BCUT2D eigenvalue weighted by atomic mass is 32.2. The van der Waals surface area contributed by atoms with Crippen LogP contribution < -0.4 is 5.32 Å². The fourth-order valence-corrected chi connectivity index (χ4v) is 6.16. The topological polar surface area (TPSA) is 130 Å². The summed E-state index contributed by atoms with van der Waals surface area (Å²) in [5, 5.41) is 11.1. The van der Waals surface area contributed by atoms with E-state index in [9.17, 15) is 21.6 Å². The second-order valence-electron chi connectivity index (χ2n) is 6.53. The summed E-state index contributed by atoms with van der Waals surface area (Å²) in [6.45, 7) is 1.78. The molecule has 2 N–H and O–H groups in total. The molecule has 0 aliphatic rings. The van der Waals surface area contributed by atoms with E-state index < -0.39 is 25.8 Å². The lowest BCUT2D eigenvalue weighted by molar-refractivity contribution is 0.194. The van der Waals surface area contributed by atoms with Gasteiger partial charge in [0.25, 0.3) is 0 Å². The van der Waals surface area contributed by atoms with Crippen LogP contribution in [0.15, 0.2) is 62.7 Å². The Kier molecular flexibility index (Phi) is 5.97. The molecule has 0 saturated heterocycles. The zero-order valence-electron chi connectivity index (χ0n) is 16.0. The Morgan fingerprint density at radius 1 is 1.10 bits per heavy atom. The monoisotopic (exact) mass is 466 g/mol. The van der Waals surface area contributed by atoms with Crippen molar-refractivity contribution in [2.45, 2.75) is 27.5 Å². The number of nitrogens with zero attached hydrogens (tertiary/aromatic N) is 1. The molecule has 0 fully saturated rings. The number of rotatable bonds is 6. The summed E-state index contributed by atoms with van der Waals surface area (Å²) < 4.78 is 50.6. The standard InChI is InChI=1S/C19H18N2O6S3/c1-12-3-5-13(6-4-12)15-9-14(7-8-16(15)29(2,24)25)30(26,27)18-11-20-17(28-18)10-21-19(22)23/h3-9,11,21H,10H2,1-2H3,(H,22,23). The first-order valence-electron chi connectivity index (χ1n) is 8.56. The molecule has 1 amide bonds. The van der Waals surface area contributed by atoms with Gasteiger partial charge in [0.1, 0.15) is 9.22 Å². The number of nitrogens with one attached hydrogen (secondary N) is 1. The van der Waals surface area contributed by atoms with Gasteiger partial charge < -0.3 is 10.4 Å². The first-order valence-corrected chi connectivity index (χ1v) is 12.8. The molecular weight excluding hydrogens is 448 g/mol. The summed E-state index contributed by atoms with van der Waals surface area (Å²) in [7, 11) is -7.57. The molecule has 1 heterocycles. The van der Waals surface area contributed by atoms with Gasteiger partial charge in [0.15, 0.2) is 9.84 Å². The number of aryl methyl sites for hydroxylation is 1. The second kappa shape index (κ2) is 8.17. The summed E-state index contributed by atoms with van der Waals surface area (Å²) in [6.07, 6.45) is 0.988. The molecule has 0 bridgehead atoms. The number of carbonyl (C=O) groups is 1. The fraction of sp³-hybridized carbons (Fsp3) is 0.158. The van der Waals surface area contributed by atoms with Crippen molar-refractivity contribution < 1.29 is 26.7 Å². The number of hydrogen-bond acceptors (Lipinski definition) is 7. The van der Waals surface area contributed by atoms with Gasteiger partial charge in [0.05, 0.1) is 22.5 Å². The lowest BCUT2D eigenvalue weighted by Gasteiger charge is -2.11. The van der Waals surface area contributed by atoms with Gasteiger partial charge in [-0.3, -0.25) is 0 Å². The molecule has 30 heavy (non-hydrogen) atoms. The summed E-state index contributed by atoms with van der Waals surface area (Å²) in [5.41, 5.74) is 1.85. The average molecular weight is 467 g/mol. The minimum atomic E-state index is -3.97. The van der Waals surface area contributed by atoms with E-state index in [4.69, 9.17) is 5.11 Å². The number of carboxylic acid groups (broad SMARTS) is 1. The van der Waals surface area contributed by atoms with E-state index >= 15 is 0 Å². The Morgan fingerprint density at radius 3 is 2.37 bits per heavy atom. The molecule has 0 radical (unpaired) electrons. The smallest absolute Gasteiger partial charge is 0.405 e. The first kappa shape index (κ1) is 21.9. The summed E-state index contributed by atoms with van der Waals surface area (Å²) in [4.78, 5) is 14.5. The number of aromatic nitrogens is 1. The summed E-state index contributed by atoms with van der Waals surface area (Å²) >= 11 is 0.847. The third-order valence-corrected chi connectivity index (χ3v) is 8.58. The highest BCUT2D eigenvalue weighted by Crippen LogP contribution is 2.33. The highest BCUT2D eigenvalue weighted by molar-refractivity contribution is 7.93. The van der Waals surface area contributed by atoms with Crippen LogP contribution in [0.5, 0.6) is 0 Å². The molecule has 0 atom stereocenters. The van der Waals surface area contributed by atoms with Crippen molar-refractivity contribution in [2.24, 2.45) is 0 Å². The van der Waals surface area contributed by atoms with Crippen molar-refractivity contribution in [3.05, 3.63) is 59.2 Å². The maximum atomic E-state index is 13.1. The molecule has 11 heteroatoms. The molecular formula is C19H18N2O6S3. The third-order valence-electron chi connectivity index (χ3n) is 4.21. The van der Waals surface area contributed by atoms with Gasteiger partial charge in [-0.25, -0.2) is 26.6 Å². The van der Waals surface area contributed by atoms with Crippen molar-refractivity contribution in [3.8, 4) is 11.1 Å². The first-order chi connectivity index (χ1) is 14.0. The molecule has 2 aromatic carbocycles. The maximum Gasteiger partial charge on any atom is 0.405 e. The van der Waals surface area contributed by atoms with E-state index in [1.807, 2.05) is 19.1 Å². The summed E-state index contributed by atoms with van der Waals surface area (Å²) in [5.74, 6) is 0. The van der Waals surface area contributed by atoms with Crippen LogP contribution in [0, 0.1) is 6.92 Å². The second-order valence-corrected chi connectivity index (χ2v) is 11.8. The zero-order chi connectivity index (χ0) is 22.1. The normalized spacial score (nSPS) is 11.9. The van der Waals surface area contributed by atoms with Crippen LogP contribution in [-0.2, 0) is 26.2 Å². The fourth-order valence-electron chi connectivity index (χ4n) is 2.73. The van der Waals surface area contributed by atoms with E-state index in [-0.39, 0.29) is 26.1 Å². The van der Waals surface area contributed by atoms with Crippen LogP contribution in [-0.4, -0.2) is 39.3 Å². The number of amides is 1. The van der Waals surface area contributed by atoms with E-state index in [0.29, 0.717) is 10.6 Å². The molecule has 3 aromatic rings. The molecule has 0 saturated carbocycles. The molecule has 0 unspecified atom stereocenters. The number of hydrogen-bond donors (Lipinski definition) is 2. The van der Waals surface area contributed by atoms with E-state index in [1.54, 1.807) is 12.1 Å². The Labute approximate surface area is 178 Å². The lowest BCUT2D eigenvalue weighted by Crippen LogP contribution is -2.19. The Bertz CT molecular complexity index is 1310. The molecule has 0 aliphatic heterocycles. The van der Waals surface area contributed by atoms with Crippen molar-refractivity contribution >= 4 is 37.1 Å². The van der Waals surface area contributed by atoms with Crippen LogP contribution in [0.25, 0.3) is 11.1 Å². The Hall–Kier alpha value is -2.76. The van der Waals surface area contributed by atoms with Crippen LogP contribution >= 0.6 is 11.3 Å². The predicted octanol–water partition coefficient (Wildman–Crippen LogP) is 3.12. The quantitative estimate of drug-likeness (QED) is 0.571. The molecule has 3 rings (SSSR count). The van der Waals surface area contributed by atoms with Crippen molar-refractivity contribution in [1.82, 2.24) is 10.3 Å². The van der Waals surface area contributed by atoms with Gasteiger partial charge in [0, 0.05) is 11.8 Å². The Balaban J connectivity index is 2.09. The van der Waals surface area contributed by atoms with Gasteiger partial charge in [-0.05, 0) is 30.7 Å². The largest absolute Gasteiger partial charge is 0.465 e. The van der Waals surface area contributed by atoms with Gasteiger partial charge in [-0.15, -0.1) is 11.3 Å². The number of benzene rings is 2. The van der Waals surface area contributed by atoms with Crippen LogP contribution in [0.2, 0.25) is 0 Å². The SMILES string of the molecule is Cc1ccc(-c2cc(S(=O)(=O)c3cnc(CNC(=O)O)s3)ccc2S(C)(=O)=O)cc1. The number of sulfone groups is 2. The van der Waals surface area contributed by atoms with Crippen molar-refractivity contribution in [3.63, 3.8) is 0 Å². The van der Waals surface area contributed by atoms with Crippen LogP contribution in [0.1, 0.15) is 10.6 Å². The van der Waals surface area contributed by atoms with Gasteiger partial charge >= 0.3 is 6.09 Å². The van der Waals surface area contributed by atoms with E-state index in [0.717, 1.165) is 29.4 Å². The van der Waals surface area contributed by atoms with Gasteiger partial charge in [-0.1, -0.05) is 29.8 Å². The van der Waals surface area contributed by atoms with Gasteiger partial charge in [0.2, 0.25) is 9.84 Å². The van der Waals surface area contributed by atoms with Crippen molar-refractivity contribution in [2.75, 3.05) is 6.26 Å². The van der Waals surface area contributed by atoms with E-state index in [2.05, 4.69) is 10.3 Å². The molecule has 0 spiro atoms. The van der Waals surface area contributed by atoms with E-state index in [1.165, 1.54) is 18.2 Å². The minimum Gasteiger partial charge on any atom is -0.465 e. The predicted molar refractivity (Wildman–Crippen MR) is 112 cm³/mol. The number of thiazole rings is 1. The van der Waals surface area contributed by atoms with Crippen LogP contribution in [0.4, 0.5) is 4.79 Å². The van der Waals surface area contributed by atoms with Gasteiger partial charge in [-0.2, -0.15) is 0 Å². The van der Waals surface area contributed by atoms with Crippen molar-refractivity contribution in [1.29, 1.82) is 0 Å². The highest BCUT2D eigenvalue weighted by Gasteiger charge is 2.24. The van der Waals surface area contributed by atoms with Crippen LogP contribution in [0.3, 0.4) is 0 Å². The minimum absolute atomic E-state index is 0.0287. The maximum absolute atomic E-state index is 13.1. The average Bonchev–Trinajstić information content (AvgIpc) is 3.16. The molecule has 0 aliphatic carbocycles. The Morgan fingerprint density at radius 2 is 1.77 bits per heavy atom. The molecule has 1 aromatic heterocycles. The summed E-state index contributed by atoms with van der Waals surface area (Å²) in [6, 6.07) is 11.0. The molecule has 158 valence electrons.